The van der Waals surface area contributed by atoms with Gasteiger partial charge < -0.3 is 19.7 Å². The molecule has 1 amide bonds. The van der Waals surface area contributed by atoms with Crippen molar-refractivity contribution < 1.29 is 18.6 Å². The smallest absolute Gasteiger partial charge is 0.306 e. The van der Waals surface area contributed by atoms with Crippen molar-refractivity contribution in [3.8, 4) is 0 Å². The Hall–Kier alpha value is -3.98. The second kappa shape index (κ2) is 9.89. The molecule has 0 aliphatic rings. The lowest BCUT2D eigenvalue weighted by Gasteiger charge is -2.22. The summed E-state index contributed by atoms with van der Waals surface area (Å²) in [7, 11) is -0.0631. The Labute approximate surface area is 184 Å². The van der Waals surface area contributed by atoms with Crippen LogP contribution in [-0.2, 0) is 13.1 Å². The summed E-state index contributed by atoms with van der Waals surface area (Å²) in [6.45, 7) is 0.922. The molecule has 7 nitrogen and oxygen atoms in total. The molecule has 2 N–H and O–H groups in total. The average molecular weight is 430 g/mol. The number of rotatable bonds is 8. The van der Waals surface area contributed by atoms with Gasteiger partial charge in [-0.1, -0.05) is 6.07 Å². The van der Waals surface area contributed by atoms with E-state index in [4.69, 9.17) is 4.42 Å². The molecule has 1 aromatic carbocycles. The van der Waals surface area contributed by atoms with Gasteiger partial charge in [0, 0.05) is 18.1 Å². The van der Waals surface area contributed by atoms with Gasteiger partial charge in [-0.3, -0.25) is 9.78 Å². The predicted molar refractivity (Wildman–Crippen MR) is 120 cm³/mol. The topological polar surface area (TPSA) is 91.5 Å². The number of pyridine rings is 2. The van der Waals surface area contributed by atoms with Crippen molar-refractivity contribution in [1.82, 2.24) is 9.97 Å². The van der Waals surface area contributed by atoms with E-state index in [0.717, 1.165) is 16.9 Å². The van der Waals surface area contributed by atoms with Crippen molar-refractivity contribution in [2.45, 2.75) is 13.1 Å². The van der Waals surface area contributed by atoms with Crippen LogP contribution >= 0.6 is 0 Å². The third kappa shape index (κ3) is 5.38. The van der Waals surface area contributed by atoms with Gasteiger partial charge in [-0.25, -0.2) is 9.37 Å². The first kappa shape index (κ1) is 21.3. The Bertz CT molecular complexity index is 1150. The summed E-state index contributed by atoms with van der Waals surface area (Å²) < 4.78 is 18.5. The molecule has 32 heavy (non-hydrogen) atoms. The van der Waals surface area contributed by atoms with E-state index in [1.54, 1.807) is 24.6 Å². The molecule has 0 spiro atoms. The summed E-state index contributed by atoms with van der Waals surface area (Å²) in [5, 5.41) is 11.9. The first-order valence-electron chi connectivity index (χ1n) is 9.95. The summed E-state index contributed by atoms with van der Waals surface area (Å²) in [4.78, 5) is 23.3. The molecular formula is C23H20BFN4O3. The van der Waals surface area contributed by atoms with Gasteiger partial charge in [0.15, 0.2) is 0 Å². The molecule has 0 saturated carbocycles. The normalized spacial score (nSPS) is 10.6. The number of carbonyl (C=O) groups excluding carboxylic acids is 1. The first-order valence-corrected chi connectivity index (χ1v) is 9.95. The van der Waals surface area contributed by atoms with Crippen LogP contribution in [0.5, 0.6) is 0 Å². The lowest BCUT2D eigenvalue weighted by atomic mass is 9.91. The van der Waals surface area contributed by atoms with E-state index in [1.165, 1.54) is 30.5 Å². The van der Waals surface area contributed by atoms with Crippen molar-refractivity contribution in [2.75, 3.05) is 10.2 Å². The maximum absolute atomic E-state index is 13.0. The number of hydrogen-bond donors (Lipinski definition) is 2. The number of benzene rings is 1. The van der Waals surface area contributed by atoms with Crippen LogP contribution in [0.3, 0.4) is 0 Å². The van der Waals surface area contributed by atoms with Crippen LogP contribution in [0.25, 0.3) is 0 Å². The number of anilines is 2. The molecule has 4 rings (SSSR count). The number of aromatic nitrogens is 2. The van der Waals surface area contributed by atoms with E-state index >= 15 is 0 Å². The lowest BCUT2D eigenvalue weighted by molar-refractivity contribution is 0.102. The molecule has 0 atom stereocenters. The Kier molecular flexibility index (Phi) is 6.57. The van der Waals surface area contributed by atoms with Gasteiger partial charge in [0.1, 0.15) is 17.4 Å². The van der Waals surface area contributed by atoms with Crippen molar-refractivity contribution in [3.05, 3.63) is 102 Å². The molecule has 0 fully saturated rings. The predicted octanol–water partition coefficient (Wildman–Crippen LogP) is 2.64. The number of nitrogens with one attached hydrogen (secondary N) is 1. The quantitative estimate of drug-likeness (QED) is 0.418. The zero-order chi connectivity index (χ0) is 22.3. The van der Waals surface area contributed by atoms with E-state index < -0.39 is 0 Å². The van der Waals surface area contributed by atoms with Gasteiger partial charge in [0.05, 0.1) is 30.6 Å². The van der Waals surface area contributed by atoms with E-state index in [-0.39, 0.29) is 19.2 Å². The Morgan fingerprint density at radius 2 is 1.88 bits per heavy atom. The zero-order valence-electron chi connectivity index (χ0n) is 17.1. The number of amides is 1. The molecule has 3 aromatic heterocycles. The molecule has 0 aliphatic carbocycles. The maximum Gasteiger partial charge on any atom is 0.306 e. The summed E-state index contributed by atoms with van der Waals surface area (Å²) in [5.41, 5.74) is 2.41. The molecule has 160 valence electrons. The second-order valence-corrected chi connectivity index (χ2v) is 7.12. The number of carbonyl (C=O) groups is 1. The summed E-state index contributed by atoms with van der Waals surface area (Å²) in [6, 6.07) is 16.4. The fourth-order valence-corrected chi connectivity index (χ4v) is 3.09. The molecule has 4 aromatic rings. The maximum atomic E-state index is 13.0. The summed E-state index contributed by atoms with van der Waals surface area (Å²) in [6.07, 6.45) is 4.74. The molecule has 0 bridgehead atoms. The molecule has 0 aliphatic heterocycles. The zero-order valence-corrected chi connectivity index (χ0v) is 17.1. The molecule has 0 unspecified atom stereocenters. The van der Waals surface area contributed by atoms with Crippen LogP contribution in [0, 0.1) is 5.82 Å². The van der Waals surface area contributed by atoms with E-state index in [9.17, 15) is 14.2 Å². The number of halogens is 1. The fraction of sp³-hybridized carbons (Fsp3) is 0.0870. The van der Waals surface area contributed by atoms with Crippen molar-refractivity contribution in [2.24, 2.45) is 0 Å². The van der Waals surface area contributed by atoms with Gasteiger partial charge in [0.2, 0.25) is 0 Å². The van der Waals surface area contributed by atoms with Crippen LogP contribution in [0.15, 0.2) is 83.7 Å². The summed E-state index contributed by atoms with van der Waals surface area (Å²) in [5.74, 6) is 0.699. The molecule has 0 saturated heterocycles. The molecule has 0 radical (unpaired) electrons. The Balaban J connectivity index is 1.51. The highest BCUT2D eigenvalue weighted by atomic mass is 19.1. The van der Waals surface area contributed by atoms with Gasteiger partial charge in [-0.05, 0) is 60.1 Å². The highest BCUT2D eigenvalue weighted by Gasteiger charge is 2.14. The largest absolute Gasteiger partial charge is 0.467 e. The summed E-state index contributed by atoms with van der Waals surface area (Å²) >= 11 is 0. The highest BCUT2D eigenvalue weighted by Crippen LogP contribution is 2.19. The first-order chi connectivity index (χ1) is 15.6. The second-order valence-electron chi connectivity index (χ2n) is 7.12. The van der Waals surface area contributed by atoms with Crippen LogP contribution in [0.1, 0.15) is 21.8 Å². The van der Waals surface area contributed by atoms with Crippen molar-refractivity contribution >= 4 is 30.4 Å². The average Bonchev–Trinajstić information content (AvgIpc) is 3.34. The number of nitrogens with zero attached hydrogens (tertiary/aromatic N) is 3. The van der Waals surface area contributed by atoms with Crippen molar-refractivity contribution in [1.29, 1.82) is 0 Å². The van der Waals surface area contributed by atoms with Crippen LogP contribution in [-0.4, -0.2) is 28.4 Å². The van der Waals surface area contributed by atoms with Gasteiger partial charge in [0.25, 0.3) is 5.91 Å². The third-order valence-corrected chi connectivity index (χ3v) is 4.78. The monoisotopic (exact) mass is 430 g/mol. The molecular weight excluding hydrogens is 410 g/mol. The van der Waals surface area contributed by atoms with Crippen LogP contribution in [0.2, 0.25) is 0 Å². The molecule has 9 heteroatoms. The number of hydrogen-bond acceptors (Lipinski definition) is 6. The highest BCUT2D eigenvalue weighted by molar-refractivity contribution is 6.45. The number of furan rings is 1. The van der Waals surface area contributed by atoms with Gasteiger partial charge in [-0.2, -0.15) is 0 Å². The van der Waals surface area contributed by atoms with E-state index in [1.807, 2.05) is 29.2 Å². The van der Waals surface area contributed by atoms with Gasteiger partial charge >= 0.3 is 7.48 Å². The van der Waals surface area contributed by atoms with Crippen LogP contribution < -0.4 is 15.7 Å². The minimum Gasteiger partial charge on any atom is -0.467 e. The van der Waals surface area contributed by atoms with Crippen LogP contribution in [0.4, 0.5) is 15.9 Å². The lowest BCUT2D eigenvalue weighted by Crippen LogP contribution is -2.24. The third-order valence-electron chi connectivity index (χ3n) is 4.78. The minimum atomic E-state index is -0.369. The Morgan fingerprint density at radius 3 is 2.50 bits per heavy atom. The van der Waals surface area contributed by atoms with Gasteiger partial charge in [-0.15, -0.1) is 0 Å². The van der Waals surface area contributed by atoms with E-state index in [2.05, 4.69) is 15.3 Å². The standard InChI is InChI=1S/C23H20BFN4O3/c25-18-5-8-19(9-6-18)28-23(30)16-3-10-22(27-12-16)29(15-21-2-1-11-32-21)14-20-7-4-17(24-31)13-26-20/h1-13,24,31H,14-15H2,(H,28,30). The van der Waals surface area contributed by atoms with E-state index in [0.29, 0.717) is 30.2 Å². The Morgan fingerprint density at radius 1 is 1.03 bits per heavy atom. The minimum absolute atomic E-state index is 0.0631. The fourth-order valence-electron chi connectivity index (χ4n) is 3.09. The SMILES string of the molecule is O=C(Nc1ccc(F)cc1)c1ccc(N(Cc2ccc(BO)cn2)Cc2ccco2)nc1. The van der Waals surface area contributed by atoms with Crippen molar-refractivity contribution in [3.63, 3.8) is 0 Å². The molecule has 3 heterocycles.